The Labute approximate surface area is 128 Å². The van der Waals surface area contributed by atoms with E-state index in [-0.39, 0.29) is 0 Å². The molecule has 0 bridgehead atoms. The number of aryl methyl sites for hydroxylation is 1. The first-order valence-corrected chi connectivity index (χ1v) is 7.50. The first-order valence-electron chi connectivity index (χ1n) is 5.38. The summed E-state index contributed by atoms with van der Waals surface area (Å²) in [5.74, 6) is 2.05. The second kappa shape index (κ2) is 6.09. The molecule has 2 aromatic carbocycles. The number of rotatable bonds is 3. The van der Waals surface area contributed by atoms with E-state index in [1.165, 1.54) is 0 Å². The molecule has 0 amide bonds. The molecule has 94 valence electrons. The van der Waals surface area contributed by atoms with Gasteiger partial charge in [-0.1, -0.05) is 31.9 Å². The van der Waals surface area contributed by atoms with Crippen molar-refractivity contribution in [1.82, 2.24) is 0 Å². The second-order valence-electron chi connectivity index (χ2n) is 3.90. The summed E-state index contributed by atoms with van der Waals surface area (Å²) in [6.07, 6.45) is 0. The summed E-state index contributed by atoms with van der Waals surface area (Å²) in [5, 5.41) is 0. The Morgan fingerprint density at radius 2 is 1.61 bits per heavy atom. The van der Waals surface area contributed by atoms with Crippen LogP contribution in [0.3, 0.4) is 0 Å². The van der Waals surface area contributed by atoms with Crippen molar-refractivity contribution >= 4 is 43.5 Å². The van der Waals surface area contributed by atoms with Gasteiger partial charge in [0.1, 0.15) is 11.5 Å². The molecule has 0 saturated heterocycles. The van der Waals surface area contributed by atoms with Gasteiger partial charge in [-0.05, 0) is 48.9 Å². The summed E-state index contributed by atoms with van der Waals surface area (Å²) in [4.78, 5) is 0. The smallest absolute Gasteiger partial charge is 0.131 e. The van der Waals surface area contributed by atoms with E-state index >= 15 is 0 Å². The summed E-state index contributed by atoms with van der Waals surface area (Å²) >= 11 is 12.8. The summed E-state index contributed by atoms with van der Waals surface area (Å²) in [6.45, 7) is 2.01. The van der Waals surface area contributed by atoms with Crippen LogP contribution in [0.5, 0.6) is 11.5 Å². The molecule has 0 aliphatic heterocycles. The lowest BCUT2D eigenvalue weighted by Crippen LogP contribution is -1.91. The van der Waals surface area contributed by atoms with Gasteiger partial charge in [-0.3, -0.25) is 0 Å². The van der Waals surface area contributed by atoms with Crippen LogP contribution >= 0.6 is 43.5 Å². The zero-order chi connectivity index (χ0) is 13.1. The fraction of sp³-hybridized carbons (Fsp3) is 0.143. The van der Waals surface area contributed by atoms with E-state index in [0.717, 1.165) is 31.6 Å². The maximum Gasteiger partial charge on any atom is 0.131 e. The van der Waals surface area contributed by atoms with Crippen LogP contribution in [0.1, 0.15) is 11.1 Å². The monoisotopic (exact) mass is 388 g/mol. The second-order valence-corrected chi connectivity index (χ2v) is 6.00. The highest BCUT2D eigenvalue weighted by Crippen LogP contribution is 2.31. The average Bonchev–Trinajstić information content (AvgIpc) is 2.34. The van der Waals surface area contributed by atoms with Crippen molar-refractivity contribution in [2.24, 2.45) is 0 Å². The maximum absolute atomic E-state index is 5.93. The van der Waals surface area contributed by atoms with Gasteiger partial charge in [-0.15, -0.1) is 11.6 Å². The molecular formula is C14H11Br2ClO. The predicted octanol–water partition coefficient (Wildman–Crippen LogP) is 6.05. The Kier molecular flexibility index (Phi) is 4.71. The molecule has 0 saturated carbocycles. The van der Waals surface area contributed by atoms with E-state index < -0.39 is 0 Å². The summed E-state index contributed by atoms with van der Waals surface area (Å²) < 4.78 is 7.96. The summed E-state index contributed by atoms with van der Waals surface area (Å²) in [7, 11) is 0. The molecule has 4 heteroatoms. The fourth-order valence-corrected chi connectivity index (χ4v) is 2.69. The van der Waals surface area contributed by atoms with E-state index in [9.17, 15) is 0 Å². The molecule has 0 aliphatic rings. The maximum atomic E-state index is 5.93. The van der Waals surface area contributed by atoms with Crippen LogP contribution in [-0.2, 0) is 5.88 Å². The van der Waals surface area contributed by atoms with Crippen LogP contribution in [0.2, 0.25) is 0 Å². The molecule has 1 nitrogen and oxygen atoms in total. The molecule has 0 aliphatic carbocycles. The Balaban J connectivity index is 2.33. The molecule has 0 fully saturated rings. The van der Waals surface area contributed by atoms with Gasteiger partial charge in [0.05, 0.1) is 5.88 Å². The first-order chi connectivity index (χ1) is 8.60. The van der Waals surface area contributed by atoms with Crippen molar-refractivity contribution in [3.05, 3.63) is 56.5 Å². The Morgan fingerprint density at radius 1 is 1.00 bits per heavy atom. The molecule has 0 spiro atoms. The van der Waals surface area contributed by atoms with Gasteiger partial charge in [0, 0.05) is 14.5 Å². The highest BCUT2D eigenvalue weighted by atomic mass is 79.9. The first kappa shape index (κ1) is 13.9. The van der Waals surface area contributed by atoms with E-state index in [4.69, 9.17) is 16.3 Å². The number of hydrogen-bond donors (Lipinski definition) is 0. The fourth-order valence-electron chi connectivity index (χ4n) is 1.60. The van der Waals surface area contributed by atoms with Crippen molar-refractivity contribution < 1.29 is 4.74 Å². The average molecular weight is 391 g/mol. The minimum atomic E-state index is 0.421. The topological polar surface area (TPSA) is 9.23 Å². The van der Waals surface area contributed by atoms with Crippen LogP contribution in [-0.4, -0.2) is 0 Å². The molecular weight excluding hydrogens is 379 g/mol. The van der Waals surface area contributed by atoms with Crippen LogP contribution < -0.4 is 4.74 Å². The van der Waals surface area contributed by atoms with Gasteiger partial charge in [-0.2, -0.15) is 0 Å². The molecule has 0 unspecified atom stereocenters. The molecule has 0 aromatic heterocycles. The lowest BCUT2D eigenvalue weighted by Gasteiger charge is -2.12. The number of alkyl halides is 1. The normalized spacial score (nSPS) is 10.4. The number of ether oxygens (including phenoxy) is 1. The third-order valence-corrected chi connectivity index (χ3v) is 3.80. The highest BCUT2D eigenvalue weighted by Gasteiger charge is 2.07. The zero-order valence-corrected chi connectivity index (χ0v) is 13.6. The molecule has 0 radical (unpaired) electrons. The molecule has 18 heavy (non-hydrogen) atoms. The zero-order valence-electron chi connectivity index (χ0n) is 9.71. The van der Waals surface area contributed by atoms with E-state index in [0.29, 0.717) is 5.88 Å². The Morgan fingerprint density at radius 3 is 2.22 bits per heavy atom. The molecule has 0 N–H and O–H groups in total. The van der Waals surface area contributed by atoms with Gasteiger partial charge >= 0.3 is 0 Å². The molecule has 0 atom stereocenters. The van der Waals surface area contributed by atoms with Crippen LogP contribution in [0.4, 0.5) is 0 Å². The third-order valence-electron chi connectivity index (χ3n) is 2.52. The Bertz CT molecular complexity index is 570. The molecule has 2 rings (SSSR count). The lowest BCUT2D eigenvalue weighted by atomic mass is 10.2. The summed E-state index contributed by atoms with van der Waals surface area (Å²) in [5.41, 5.74) is 2.04. The Hall–Kier alpha value is -0.510. The highest BCUT2D eigenvalue weighted by molar-refractivity contribution is 9.10. The quantitative estimate of drug-likeness (QED) is 0.580. The molecule has 0 heterocycles. The SMILES string of the molecule is Cc1cc(Br)ccc1Oc1ccc(Br)cc1CCl. The molecule has 2 aromatic rings. The largest absolute Gasteiger partial charge is 0.457 e. The van der Waals surface area contributed by atoms with Crippen molar-refractivity contribution in [3.8, 4) is 11.5 Å². The van der Waals surface area contributed by atoms with Gasteiger partial charge in [0.2, 0.25) is 0 Å². The van der Waals surface area contributed by atoms with Crippen molar-refractivity contribution in [1.29, 1.82) is 0 Å². The van der Waals surface area contributed by atoms with Gasteiger partial charge < -0.3 is 4.74 Å². The van der Waals surface area contributed by atoms with Crippen molar-refractivity contribution in [3.63, 3.8) is 0 Å². The van der Waals surface area contributed by atoms with Crippen LogP contribution in [0.25, 0.3) is 0 Å². The van der Waals surface area contributed by atoms with E-state index in [2.05, 4.69) is 31.9 Å². The van der Waals surface area contributed by atoms with Gasteiger partial charge in [0.25, 0.3) is 0 Å². The van der Waals surface area contributed by atoms with Gasteiger partial charge in [0.15, 0.2) is 0 Å². The van der Waals surface area contributed by atoms with Crippen molar-refractivity contribution in [2.75, 3.05) is 0 Å². The number of benzene rings is 2. The van der Waals surface area contributed by atoms with Crippen molar-refractivity contribution in [2.45, 2.75) is 12.8 Å². The third kappa shape index (κ3) is 3.28. The van der Waals surface area contributed by atoms with E-state index in [1.807, 2.05) is 43.3 Å². The van der Waals surface area contributed by atoms with Crippen LogP contribution in [0.15, 0.2) is 45.3 Å². The lowest BCUT2D eigenvalue weighted by molar-refractivity contribution is 0.474. The minimum absolute atomic E-state index is 0.421. The minimum Gasteiger partial charge on any atom is -0.457 e. The number of halogens is 3. The van der Waals surface area contributed by atoms with Crippen LogP contribution in [0, 0.1) is 6.92 Å². The van der Waals surface area contributed by atoms with Gasteiger partial charge in [-0.25, -0.2) is 0 Å². The summed E-state index contributed by atoms with van der Waals surface area (Å²) in [6, 6.07) is 11.8. The predicted molar refractivity (Wildman–Crippen MR) is 82.7 cm³/mol. The number of hydrogen-bond acceptors (Lipinski definition) is 1. The van der Waals surface area contributed by atoms with E-state index in [1.54, 1.807) is 0 Å². The standard InChI is InChI=1S/C14H11Br2ClO/c1-9-6-11(15)2-4-13(9)18-14-5-3-12(16)7-10(14)8-17/h2-7H,8H2,1H3.